The van der Waals surface area contributed by atoms with Gasteiger partial charge in [0.1, 0.15) is 11.6 Å². The van der Waals surface area contributed by atoms with Gasteiger partial charge in [-0.05, 0) is 44.5 Å². The summed E-state index contributed by atoms with van der Waals surface area (Å²) in [6, 6.07) is 7.27. The van der Waals surface area contributed by atoms with Crippen LogP contribution in [0.5, 0.6) is 5.88 Å². The van der Waals surface area contributed by atoms with Crippen molar-refractivity contribution in [1.29, 1.82) is 0 Å². The molecule has 1 saturated heterocycles. The van der Waals surface area contributed by atoms with Crippen LogP contribution in [0.25, 0.3) is 11.0 Å². The highest BCUT2D eigenvalue weighted by molar-refractivity contribution is 8.00. The van der Waals surface area contributed by atoms with Crippen molar-refractivity contribution in [3.8, 4) is 5.88 Å². The number of ether oxygens (including phenoxy) is 1. The summed E-state index contributed by atoms with van der Waals surface area (Å²) in [5, 5.41) is 17.5. The number of likely N-dealkylation sites (tertiary alicyclic amines) is 1. The monoisotopic (exact) mass is 512 g/mol. The number of thioether (sulfide) groups is 1. The zero-order valence-corrected chi connectivity index (χ0v) is 21.1. The second-order valence-electron chi connectivity index (χ2n) is 9.40. The summed E-state index contributed by atoms with van der Waals surface area (Å²) in [7, 11) is 1.53. The van der Waals surface area contributed by atoms with Crippen LogP contribution in [0.4, 0.5) is 10.2 Å². The third-order valence-corrected chi connectivity index (χ3v) is 7.76. The zero-order valence-electron chi connectivity index (χ0n) is 20.3. The molecule has 11 heteroatoms. The molecule has 0 unspecified atom stereocenters. The lowest BCUT2D eigenvalue weighted by Crippen LogP contribution is -2.60. The summed E-state index contributed by atoms with van der Waals surface area (Å²) in [4.78, 5) is 27.9. The quantitative estimate of drug-likeness (QED) is 0.439. The first-order valence-corrected chi connectivity index (χ1v) is 12.9. The Hall–Kier alpha value is -2.86. The highest BCUT2D eigenvalue weighted by Gasteiger charge is 2.37. The molecule has 3 aromatic rings. The third-order valence-electron chi connectivity index (χ3n) is 6.72. The van der Waals surface area contributed by atoms with Crippen molar-refractivity contribution in [1.82, 2.24) is 25.2 Å². The molecule has 0 bridgehead atoms. The average Bonchev–Trinajstić information content (AvgIpc) is 2.86. The van der Waals surface area contributed by atoms with Crippen LogP contribution in [0.2, 0.25) is 0 Å². The van der Waals surface area contributed by atoms with Gasteiger partial charge in [0, 0.05) is 37.3 Å². The first-order chi connectivity index (χ1) is 17.3. The Morgan fingerprint density at radius 1 is 1.33 bits per heavy atom. The number of nitrogens with one attached hydrogen (secondary N) is 2. The minimum absolute atomic E-state index is 0.0463. The summed E-state index contributed by atoms with van der Waals surface area (Å²) in [6.07, 6.45) is 2.41. The topological polar surface area (TPSA) is 112 Å². The second-order valence-corrected chi connectivity index (χ2v) is 10.4. The SMILES string of the molecule is COc1ccc2ncc(F)c(CCN3CC[C@@H](NCc4ccc5c(n4)NC(=O)CS5)[C@@](C)(O)C3)c2n1. The van der Waals surface area contributed by atoms with E-state index < -0.39 is 11.4 Å². The van der Waals surface area contributed by atoms with Gasteiger partial charge in [0.2, 0.25) is 11.8 Å². The van der Waals surface area contributed by atoms with Gasteiger partial charge in [-0.25, -0.2) is 14.4 Å². The fourth-order valence-corrected chi connectivity index (χ4v) is 5.56. The number of fused-ring (bicyclic) bond motifs is 2. The number of anilines is 1. The summed E-state index contributed by atoms with van der Waals surface area (Å²) >= 11 is 1.48. The van der Waals surface area contributed by atoms with Gasteiger partial charge in [-0.3, -0.25) is 9.78 Å². The van der Waals surface area contributed by atoms with Crippen molar-refractivity contribution >= 4 is 34.5 Å². The lowest BCUT2D eigenvalue weighted by atomic mass is 9.88. The van der Waals surface area contributed by atoms with Crippen molar-refractivity contribution in [3.63, 3.8) is 0 Å². The number of carbonyl (C=O) groups is 1. The molecular weight excluding hydrogens is 483 g/mol. The fourth-order valence-electron chi connectivity index (χ4n) is 4.81. The second kappa shape index (κ2) is 10.3. The molecule has 9 nitrogen and oxygen atoms in total. The maximum atomic E-state index is 14.7. The van der Waals surface area contributed by atoms with Gasteiger partial charge in [-0.15, -0.1) is 11.8 Å². The standard InChI is InChI=1S/C25H29FN6O3S/c1-25(34)14-32(9-7-16-17(26)12-27-18-4-6-22(35-2)31-23(16)18)10-8-20(25)28-11-15-3-5-19-24(29-15)30-21(33)13-36-19/h3-6,12,20,28,34H,7-11,13-14H2,1-2H3,(H,29,30,33)/t20-,25+/m1/s1. The molecule has 3 aromatic heterocycles. The van der Waals surface area contributed by atoms with Gasteiger partial charge < -0.3 is 25.4 Å². The van der Waals surface area contributed by atoms with E-state index in [0.717, 1.165) is 23.6 Å². The Morgan fingerprint density at radius 2 is 2.19 bits per heavy atom. The molecule has 5 rings (SSSR count). The minimum Gasteiger partial charge on any atom is -0.481 e. The molecule has 3 N–H and O–H groups in total. The zero-order chi connectivity index (χ0) is 25.3. The van der Waals surface area contributed by atoms with Crippen LogP contribution in [-0.2, 0) is 17.8 Å². The number of halogens is 1. The normalized spacial score (nSPS) is 22.3. The van der Waals surface area contributed by atoms with Gasteiger partial charge >= 0.3 is 0 Å². The number of hydrogen-bond donors (Lipinski definition) is 3. The molecule has 5 heterocycles. The maximum absolute atomic E-state index is 14.7. The number of piperidine rings is 1. The van der Waals surface area contributed by atoms with E-state index in [1.165, 1.54) is 25.1 Å². The number of aromatic nitrogens is 3. The van der Waals surface area contributed by atoms with Crippen molar-refractivity contribution in [2.75, 3.05) is 37.8 Å². The van der Waals surface area contributed by atoms with Crippen LogP contribution >= 0.6 is 11.8 Å². The van der Waals surface area contributed by atoms with Gasteiger partial charge in [-0.1, -0.05) is 0 Å². The Morgan fingerprint density at radius 3 is 3.00 bits per heavy atom. The molecule has 0 saturated carbocycles. The minimum atomic E-state index is -0.975. The van der Waals surface area contributed by atoms with Crippen molar-refractivity contribution in [2.45, 2.75) is 42.8 Å². The van der Waals surface area contributed by atoms with Crippen LogP contribution in [-0.4, -0.2) is 75.0 Å². The van der Waals surface area contributed by atoms with Gasteiger partial charge in [0.15, 0.2) is 0 Å². The van der Waals surface area contributed by atoms with Crippen LogP contribution in [0, 0.1) is 5.82 Å². The van der Waals surface area contributed by atoms with Gasteiger partial charge in [0.05, 0.1) is 46.3 Å². The van der Waals surface area contributed by atoms with Crippen LogP contribution < -0.4 is 15.4 Å². The van der Waals surface area contributed by atoms with E-state index in [-0.39, 0.29) is 11.9 Å². The Labute approximate surface area is 212 Å². The van der Waals surface area contributed by atoms with E-state index in [0.29, 0.717) is 60.1 Å². The molecule has 0 radical (unpaired) electrons. The lowest BCUT2D eigenvalue weighted by molar-refractivity contribution is -0.113. The Bertz CT molecular complexity index is 1290. The molecule has 1 amide bonds. The maximum Gasteiger partial charge on any atom is 0.235 e. The number of rotatable bonds is 7. The van der Waals surface area contributed by atoms with Gasteiger partial charge in [0.25, 0.3) is 0 Å². The third kappa shape index (κ3) is 5.29. The van der Waals surface area contributed by atoms with Crippen molar-refractivity contribution in [3.05, 3.63) is 47.5 Å². The smallest absolute Gasteiger partial charge is 0.235 e. The molecular formula is C25H29FN6O3S. The Balaban J connectivity index is 1.20. The molecule has 0 aromatic carbocycles. The van der Waals surface area contributed by atoms with Crippen molar-refractivity contribution in [2.24, 2.45) is 0 Å². The van der Waals surface area contributed by atoms with E-state index in [9.17, 15) is 14.3 Å². The fraction of sp³-hybridized carbons (Fsp3) is 0.440. The van der Waals surface area contributed by atoms with Crippen LogP contribution in [0.15, 0.2) is 35.4 Å². The highest BCUT2D eigenvalue weighted by Crippen LogP contribution is 2.30. The van der Waals surface area contributed by atoms with Crippen molar-refractivity contribution < 1.29 is 19.0 Å². The number of β-amino-alcohol motifs (C(OH)–C–C–N with tert-alkyl or cyclic N) is 1. The lowest BCUT2D eigenvalue weighted by Gasteiger charge is -2.43. The summed E-state index contributed by atoms with van der Waals surface area (Å²) < 4.78 is 19.9. The largest absolute Gasteiger partial charge is 0.481 e. The number of carbonyl (C=O) groups excluding carboxylic acids is 1. The number of pyridine rings is 3. The Kier molecular flexibility index (Phi) is 7.07. The van der Waals surface area contributed by atoms with E-state index in [1.807, 2.05) is 19.1 Å². The summed E-state index contributed by atoms with van der Waals surface area (Å²) in [5.74, 6) is 0.983. The van der Waals surface area contributed by atoms with E-state index >= 15 is 0 Å². The number of aliphatic hydroxyl groups is 1. The molecule has 0 spiro atoms. The molecule has 2 aliphatic rings. The van der Waals surface area contributed by atoms with Gasteiger partial charge in [-0.2, -0.15) is 0 Å². The number of hydrogen-bond acceptors (Lipinski definition) is 9. The molecule has 190 valence electrons. The number of methoxy groups -OCH3 is 1. The number of nitrogens with zero attached hydrogens (tertiary/aromatic N) is 4. The average molecular weight is 513 g/mol. The first-order valence-electron chi connectivity index (χ1n) is 11.9. The molecule has 0 aliphatic carbocycles. The summed E-state index contributed by atoms with van der Waals surface area (Å²) in [5.41, 5.74) is 1.46. The molecule has 36 heavy (non-hydrogen) atoms. The number of amides is 1. The molecule has 2 aliphatic heterocycles. The van der Waals surface area contributed by atoms with Crippen LogP contribution in [0.1, 0.15) is 24.6 Å². The molecule has 2 atom stereocenters. The molecule has 1 fully saturated rings. The highest BCUT2D eigenvalue weighted by atomic mass is 32.2. The first kappa shape index (κ1) is 24.8. The predicted molar refractivity (Wildman–Crippen MR) is 136 cm³/mol. The van der Waals surface area contributed by atoms with E-state index in [2.05, 4.69) is 30.5 Å². The van der Waals surface area contributed by atoms with E-state index in [4.69, 9.17) is 4.74 Å². The van der Waals surface area contributed by atoms with Crippen LogP contribution in [0.3, 0.4) is 0 Å². The van der Waals surface area contributed by atoms with E-state index in [1.54, 1.807) is 12.1 Å². The summed E-state index contributed by atoms with van der Waals surface area (Å²) in [6.45, 7) is 4.11. The predicted octanol–water partition coefficient (Wildman–Crippen LogP) is 2.37.